The SMILES string of the molecule is CCOc1ccccc1NC(=O)C(=O)c1cc(C)n(-c2cc(C)cc(C)c2)c1C. The Balaban J connectivity index is 1.91. The molecule has 0 saturated heterocycles. The van der Waals surface area contributed by atoms with Crippen molar-refractivity contribution >= 4 is 17.4 Å². The number of hydrogen-bond acceptors (Lipinski definition) is 3. The first kappa shape index (κ1) is 20.4. The van der Waals surface area contributed by atoms with Gasteiger partial charge in [0.25, 0.3) is 11.7 Å². The molecule has 0 saturated carbocycles. The molecule has 0 atom stereocenters. The summed E-state index contributed by atoms with van der Waals surface area (Å²) < 4.78 is 7.53. The molecular formula is C24H26N2O3. The molecular weight excluding hydrogens is 364 g/mol. The topological polar surface area (TPSA) is 60.3 Å². The second kappa shape index (κ2) is 8.35. The van der Waals surface area contributed by atoms with Gasteiger partial charge in [-0.3, -0.25) is 9.59 Å². The third kappa shape index (κ3) is 4.24. The van der Waals surface area contributed by atoms with Crippen LogP contribution in [0.15, 0.2) is 48.5 Å². The number of anilines is 1. The van der Waals surface area contributed by atoms with Crippen molar-refractivity contribution < 1.29 is 14.3 Å². The highest BCUT2D eigenvalue weighted by molar-refractivity contribution is 6.47. The minimum absolute atomic E-state index is 0.396. The molecule has 5 heteroatoms. The van der Waals surface area contributed by atoms with E-state index in [1.807, 2.05) is 45.3 Å². The Morgan fingerprint density at radius 2 is 1.62 bits per heavy atom. The number of nitrogens with one attached hydrogen (secondary N) is 1. The van der Waals surface area contributed by atoms with Gasteiger partial charge >= 0.3 is 0 Å². The molecule has 3 aromatic rings. The Labute approximate surface area is 171 Å². The molecule has 1 aromatic heterocycles. The van der Waals surface area contributed by atoms with Crippen molar-refractivity contribution in [3.8, 4) is 11.4 Å². The lowest BCUT2D eigenvalue weighted by Gasteiger charge is -2.12. The molecule has 0 fully saturated rings. The monoisotopic (exact) mass is 390 g/mol. The number of benzene rings is 2. The maximum Gasteiger partial charge on any atom is 0.296 e. The van der Waals surface area contributed by atoms with Gasteiger partial charge in [0.15, 0.2) is 0 Å². The minimum atomic E-state index is -0.683. The zero-order chi connectivity index (χ0) is 21.1. The van der Waals surface area contributed by atoms with E-state index < -0.39 is 11.7 Å². The summed E-state index contributed by atoms with van der Waals surface area (Å²) >= 11 is 0. The summed E-state index contributed by atoms with van der Waals surface area (Å²) in [6.45, 7) is 10.2. The average molecular weight is 390 g/mol. The highest BCUT2D eigenvalue weighted by Gasteiger charge is 2.23. The predicted octanol–water partition coefficient (Wildman–Crippen LogP) is 4.93. The largest absolute Gasteiger partial charge is 0.492 e. The van der Waals surface area contributed by atoms with E-state index in [0.29, 0.717) is 23.6 Å². The lowest BCUT2D eigenvalue weighted by Crippen LogP contribution is -2.23. The van der Waals surface area contributed by atoms with E-state index in [9.17, 15) is 9.59 Å². The summed E-state index contributed by atoms with van der Waals surface area (Å²) in [5.74, 6) is -0.713. The number of ether oxygens (including phenoxy) is 1. The van der Waals surface area contributed by atoms with E-state index >= 15 is 0 Å². The van der Waals surface area contributed by atoms with Gasteiger partial charge in [0.2, 0.25) is 0 Å². The molecule has 0 radical (unpaired) electrons. The molecule has 0 spiro atoms. The molecule has 150 valence electrons. The van der Waals surface area contributed by atoms with Crippen molar-refractivity contribution in [1.82, 2.24) is 4.57 Å². The van der Waals surface area contributed by atoms with Gasteiger partial charge in [0.05, 0.1) is 12.3 Å². The van der Waals surface area contributed by atoms with Crippen molar-refractivity contribution in [2.45, 2.75) is 34.6 Å². The molecule has 5 nitrogen and oxygen atoms in total. The maximum absolute atomic E-state index is 12.9. The highest BCUT2D eigenvalue weighted by atomic mass is 16.5. The van der Waals surface area contributed by atoms with Crippen LogP contribution in [0, 0.1) is 27.7 Å². The molecule has 0 bridgehead atoms. The average Bonchev–Trinajstić information content (AvgIpc) is 2.96. The quantitative estimate of drug-likeness (QED) is 0.479. The normalized spacial score (nSPS) is 10.7. The molecule has 0 aliphatic rings. The zero-order valence-corrected chi connectivity index (χ0v) is 17.5. The Hall–Kier alpha value is -3.34. The van der Waals surface area contributed by atoms with Gasteiger partial charge in [0.1, 0.15) is 5.75 Å². The van der Waals surface area contributed by atoms with Crippen LogP contribution in [0.5, 0.6) is 5.75 Å². The van der Waals surface area contributed by atoms with Crippen LogP contribution in [-0.4, -0.2) is 22.9 Å². The van der Waals surface area contributed by atoms with Gasteiger partial charge < -0.3 is 14.6 Å². The van der Waals surface area contributed by atoms with Crippen LogP contribution in [0.25, 0.3) is 5.69 Å². The number of rotatable bonds is 6. The molecule has 3 rings (SSSR count). The van der Waals surface area contributed by atoms with Crippen molar-refractivity contribution in [1.29, 1.82) is 0 Å². The van der Waals surface area contributed by atoms with Crippen LogP contribution < -0.4 is 10.1 Å². The Morgan fingerprint density at radius 3 is 2.28 bits per heavy atom. The fraction of sp³-hybridized carbons (Fsp3) is 0.250. The third-order valence-electron chi connectivity index (χ3n) is 4.78. The van der Waals surface area contributed by atoms with Crippen molar-refractivity contribution in [2.24, 2.45) is 0 Å². The van der Waals surface area contributed by atoms with Gasteiger partial charge in [-0.1, -0.05) is 18.2 Å². The first-order valence-electron chi connectivity index (χ1n) is 9.67. The molecule has 0 unspecified atom stereocenters. The van der Waals surface area contributed by atoms with Gasteiger partial charge in [-0.25, -0.2) is 0 Å². The number of aromatic nitrogens is 1. The Bertz CT molecular complexity index is 1060. The van der Waals surface area contributed by atoms with Crippen molar-refractivity contribution in [2.75, 3.05) is 11.9 Å². The van der Waals surface area contributed by atoms with Gasteiger partial charge in [-0.2, -0.15) is 0 Å². The van der Waals surface area contributed by atoms with E-state index in [-0.39, 0.29) is 0 Å². The highest BCUT2D eigenvalue weighted by Crippen LogP contribution is 2.26. The number of Topliss-reactive ketones (excluding diaryl/α,β-unsaturated/α-hetero) is 1. The van der Waals surface area contributed by atoms with E-state index in [1.54, 1.807) is 24.3 Å². The van der Waals surface area contributed by atoms with E-state index in [0.717, 1.165) is 28.2 Å². The first-order chi connectivity index (χ1) is 13.8. The summed E-state index contributed by atoms with van der Waals surface area (Å²) in [5, 5.41) is 2.68. The molecule has 29 heavy (non-hydrogen) atoms. The van der Waals surface area contributed by atoms with Crippen LogP contribution in [-0.2, 0) is 4.79 Å². The van der Waals surface area contributed by atoms with E-state index in [4.69, 9.17) is 4.74 Å². The van der Waals surface area contributed by atoms with Crippen LogP contribution in [0.4, 0.5) is 5.69 Å². The van der Waals surface area contributed by atoms with E-state index in [1.165, 1.54) is 0 Å². The van der Waals surface area contributed by atoms with Crippen LogP contribution in [0.2, 0.25) is 0 Å². The fourth-order valence-electron chi connectivity index (χ4n) is 3.62. The molecule has 0 aliphatic heterocycles. The number of para-hydroxylation sites is 2. The lowest BCUT2D eigenvalue weighted by atomic mass is 10.1. The van der Waals surface area contributed by atoms with Gasteiger partial charge in [-0.15, -0.1) is 0 Å². The van der Waals surface area contributed by atoms with Gasteiger partial charge in [-0.05, 0) is 76.1 Å². The zero-order valence-electron chi connectivity index (χ0n) is 17.5. The van der Waals surface area contributed by atoms with Crippen LogP contribution >= 0.6 is 0 Å². The first-order valence-corrected chi connectivity index (χ1v) is 9.67. The summed E-state index contributed by atoms with van der Waals surface area (Å²) in [7, 11) is 0. The molecule has 2 aromatic carbocycles. The number of carbonyl (C=O) groups excluding carboxylic acids is 2. The summed E-state index contributed by atoms with van der Waals surface area (Å²) in [4.78, 5) is 25.6. The summed E-state index contributed by atoms with van der Waals surface area (Å²) in [5.41, 5.74) is 5.79. The maximum atomic E-state index is 12.9. The minimum Gasteiger partial charge on any atom is -0.492 e. The molecule has 1 N–H and O–H groups in total. The summed E-state index contributed by atoms with van der Waals surface area (Å²) in [6, 6.07) is 15.1. The molecule has 1 heterocycles. The standard InChI is InChI=1S/C24H26N2O3/c1-6-29-22-10-8-7-9-21(22)25-24(28)23(27)20-14-17(4)26(18(20)5)19-12-15(2)11-16(3)13-19/h7-14H,6H2,1-5H3,(H,25,28). The number of ketones is 1. The number of hydrogen-bond donors (Lipinski definition) is 1. The number of carbonyl (C=O) groups is 2. The number of amides is 1. The number of aryl methyl sites for hydroxylation is 3. The second-order valence-electron chi connectivity index (χ2n) is 7.18. The fourth-order valence-corrected chi connectivity index (χ4v) is 3.62. The predicted molar refractivity (Wildman–Crippen MR) is 115 cm³/mol. The van der Waals surface area contributed by atoms with Crippen LogP contribution in [0.1, 0.15) is 39.8 Å². The van der Waals surface area contributed by atoms with Crippen LogP contribution in [0.3, 0.4) is 0 Å². The summed E-state index contributed by atoms with van der Waals surface area (Å²) in [6.07, 6.45) is 0. The molecule has 0 aliphatic carbocycles. The van der Waals surface area contributed by atoms with Gasteiger partial charge in [0, 0.05) is 22.6 Å². The molecule has 1 amide bonds. The third-order valence-corrected chi connectivity index (χ3v) is 4.78. The number of nitrogens with zero attached hydrogens (tertiary/aromatic N) is 1. The Kier molecular flexibility index (Phi) is 5.87. The van der Waals surface area contributed by atoms with Crippen molar-refractivity contribution in [3.05, 3.63) is 76.6 Å². The second-order valence-corrected chi connectivity index (χ2v) is 7.18. The Morgan fingerprint density at radius 1 is 0.966 bits per heavy atom. The van der Waals surface area contributed by atoms with Crippen molar-refractivity contribution in [3.63, 3.8) is 0 Å². The lowest BCUT2D eigenvalue weighted by molar-refractivity contribution is -0.112. The smallest absolute Gasteiger partial charge is 0.296 e. The van der Waals surface area contributed by atoms with E-state index in [2.05, 4.69) is 23.5 Å².